The SMILES string of the molecule is Cl.Cl.O=[N+]([O-])c1ccc(F)cc1[C@@H](C1CCCC1)N1CCNCC1. The second-order valence-electron chi connectivity index (χ2n) is 6.24. The molecule has 0 spiro atoms. The van der Waals surface area contributed by atoms with Crippen LogP contribution in [0.1, 0.15) is 37.3 Å². The van der Waals surface area contributed by atoms with Crippen molar-refractivity contribution in [2.45, 2.75) is 31.7 Å². The van der Waals surface area contributed by atoms with Gasteiger partial charge < -0.3 is 5.32 Å². The van der Waals surface area contributed by atoms with Gasteiger partial charge in [-0.3, -0.25) is 15.0 Å². The van der Waals surface area contributed by atoms with E-state index < -0.39 is 5.82 Å². The van der Waals surface area contributed by atoms with Crippen LogP contribution >= 0.6 is 24.8 Å². The highest BCUT2D eigenvalue weighted by atomic mass is 35.5. The number of halogens is 3. The van der Waals surface area contributed by atoms with Crippen LogP contribution in [0, 0.1) is 21.8 Å². The molecule has 5 nitrogen and oxygen atoms in total. The summed E-state index contributed by atoms with van der Waals surface area (Å²) in [6.45, 7) is 3.47. The van der Waals surface area contributed by atoms with E-state index in [4.69, 9.17) is 0 Å². The lowest BCUT2D eigenvalue weighted by molar-refractivity contribution is -0.386. The van der Waals surface area contributed by atoms with Crippen LogP contribution in [0.4, 0.5) is 10.1 Å². The lowest BCUT2D eigenvalue weighted by Crippen LogP contribution is -2.46. The fourth-order valence-electron chi connectivity index (χ4n) is 3.91. The van der Waals surface area contributed by atoms with Gasteiger partial charge in [0.05, 0.1) is 10.5 Å². The van der Waals surface area contributed by atoms with Crippen molar-refractivity contribution < 1.29 is 9.31 Å². The summed E-state index contributed by atoms with van der Waals surface area (Å²) >= 11 is 0. The molecule has 0 unspecified atom stereocenters. The molecule has 2 aliphatic rings. The molecule has 0 aromatic heterocycles. The van der Waals surface area contributed by atoms with Gasteiger partial charge in [0, 0.05) is 38.3 Å². The molecule has 8 heteroatoms. The van der Waals surface area contributed by atoms with Gasteiger partial charge in [0.25, 0.3) is 5.69 Å². The molecule has 1 saturated carbocycles. The summed E-state index contributed by atoms with van der Waals surface area (Å²) in [6, 6.07) is 3.84. The molecule has 0 radical (unpaired) electrons. The van der Waals surface area contributed by atoms with E-state index in [0.29, 0.717) is 11.5 Å². The maximum Gasteiger partial charge on any atom is 0.274 e. The summed E-state index contributed by atoms with van der Waals surface area (Å²) in [5, 5.41) is 14.7. The van der Waals surface area contributed by atoms with Gasteiger partial charge in [-0.25, -0.2) is 4.39 Å². The molecule has 0 amide bonds. The van der Waals surface area contributed by atoms with Gasteiger partial charge in [-0.15, -0.1) is 24.8 Å². The zero-order valence-corrected chi connectivity index (χ0v) is 15.1. The molecule has 1 aliphatic carbocycles. The average Bonchev–Trinajstić information content (AvgIpc) is 3.02. The third-order valence-corrected chi connectivity index (χ3v) is 4.90. The summed E-state index contributed by atoms with van der Waals surface area (Å²) in [5.74, 6) is -0.00247. The molecule has 2 fully saturated rings. The number of nitrogens with zero attached hydrogens (tertiary/aromatic N) is 2. The Kier molecular flexibility index (Phi) is 8.36. The normalized spacial score (nSPS) is 20.0. The predicted molar refractivity (Wildman–Crippen MR) is 96.7 cm³/mol. The number of piperazine rings is 1. The van der Waals surface area contributed by atoms with Gasteiger partial charge in [0.1, 0.15) is 5.82 Å². The van der Waals surface area contributed by atoms with E-state index in [2.05, 4.69) is 10.2 Å². The van der Waals surface area contributed by atoms with E-state index in [1.807, 2.05) is 0 Å². The maximum atomic E-state index is 13.8. The summed E-state index contributed by atoms with van der Waals surface area (Å²) < 4.78 is 13.8. The van der Waals surface area contributed by atoms with Crippen LogP contribution in [-0.4, -0.2) is 36.0 Å². The van der Waals surface area contributed by atoms with Gasteiger partial charge in [0.2, 0.25) is 0 Å². The van der Waals surface area contributed by atoms with E-state index in [1.54, 1.807) is 0 Å². The molecule has 1 saturated heterocycles. The fraction of sp³-hybridized carbons (Fsp3) is 0.625. The van der Waals surface area contributed by atoms with Crippen LogP contribution in [0.15, 0.2) is 18.2 Å². The Morgan fingerprint density at radius 1 is 1.21 bits per heavy atom. The number of hydrogen-bond acceptors (Lipinski definition) is 4. The van der Waals surface area contributed by atoms with Gasteiger partial charge in [-0.05, 0) is 30.9 Å². The quantitative estimate of drug-likeness (QED) is 0.639. The largest absolute Gasteiger partial charge is 0.314 e. The Hall–Kier alpha value is -0.950. The highest BCUT2D eigenvalue weighted by molar-refractivity contribution is 5.85. The van der Waals surface area contributed by atoms with E-state index in [1.165, 1.54) is 18.2 Å². The molecule has 1 aliphatic heterocycles. The minimum absolute atomic E-state index is 0. The fourth-order valence-corrected chi connectivity index (χ4v) is 3.91. The van der Waals surface area contributed by atoms with Gasteiger partial charge >= 0.3 is 0 Å². The Morgan fingerprint density at radius 3 is 2.42 bits per heavy atom. The molecule has 1 heterocycles. The molecule has 0 bridgehead atoms. The maximum absolute atomic E-state index is 13.8. The number of rotatable bonds is 4. The van der Waals surface area contributed by atoms with Crippen molar-refractivity contribution in [3.63, 3.8) is 0 Å². The van der Waals surface area contributed by atoms with Gasteiger partial charge in [0.15, 0.2) is 0 Å². The van der Waals surface area contributed by atoms with Crippen molar-refractivity contribution in [2.24, 2.45) is 5.92 Å². The minimum atomic E-state index is -0.390. The number of hydrogen-bond donors (Lipinski definition) is 1. The number of nitro groups is 1. The lowest BCUT2D eigenvalue weighted by Gasteiger charge is -2.38. The third kappa shape index (κ3) is 4.57. The molecule has 1 aromatic rings. The molecule has 1 aromatic carbocycles. The molecule has 24 heavy (non-hydrogen) atoms. The van der Waals surface area contributed by atoms with Crippen LogP contribution in [0.2, 0.25) is 0 Å². The second-order valence-corrected chi connectivity index (χ2v) is 6.24. The van der Waals surface area contributed by atoms with Crippen LogP contribution in [-0.2, 0) is 0 Å². The van der Waals surface area contributed by atoms with Crippen LogP contribution in [0.3, 0.4) is 0 Å². The average molecular weight is 380 g/mol. The second kappa shape index (κ2) is 9.51. The zero-order valence-electron chi connectivity index (χ0n) is 13.4. The number of benzene rings is 1. The first kappa shape index (κ1) is 21.1. The molecular weight excluding hydrogens is 356 g/mol. The lowest BCUT2D eigenvalue weighted by atomic mass is 9.88. The van der Waals surface area contributed by atoms with E-state index in [9.17, 15) is 14.5 Å². The highest BCUT2D eigenvalue weighted by Gasteiger charge is 2.35. The summed E-state index contributed by atoms with van der Waals surface area (Å²) in [5.41, 5.74) is 0.607. The Morgan fingerprint density at radius 2 is 1.83 bits per heavy atom. The number of nitro benzene ring substituents is 1. The van der Waals surface area contributed by atoms with Crippen LogP contribution in [0.25, 0.3) is 0 Å². The van der Waals surface area contributed by atoms with Crippen molar-refractivity contribution >= 4 is 30.5 Å². The molecule has 136 valence electrons. The first-order valence-corrected chi connectivity index (χ1v) is 8.05. The zero-order chi connectivity index (χ0) is 15.5. The molecule has 3 rings (SSSR count). The van der Waals surface area contributed by atoms with E-state index >= 15 is 0 Å². The first-order chi connectivity index (χ1) is 10.7. The third-order valence-electron chi connectivity index (χ3n) is 4.90. The van der Waals surface area contributed by atoms with Crippen LogP contribution < -0.4 is 5.32 Å². The Bertz CT molecular complexity index is 550. The number of nitrogens with one attached hydrogen (secondary N) is 1. The van der Waals surface area contributed by atoms with E-state index in [0.717, 1.165) is 51.9 Å². The summed E-state index contributed by atoms with van der Waals surface area (Å²) in [6.07, 6.45) is 4.47. The van der Waals surface area contributed by atoms with Gasteiger partial charge in [-0.2, -0.15) is 0 Å². The van der Waals surface area contributed by atoms with Crippen LogP contribution in [0.5, 0.6) is 0 Å². The highest BCUT2D eigenvalue weighted by Crippen LogP contribution is 2.42. The monoisotopic (exact) mass is 379 g/mol. The smallest absolute Gasteiger partial charge is 0.274 e. The Balaban J connectivity index is 0.00000144. The van der Waals surface area contributed by atoms with Crippen molar-refractivity contribution in [3.8, 4) is 0 Å². The standard InChI is InChI=1S/C16H22FN3O2.2ClH/c17-13-5-6-15(20(21)22)14(11-13)16(12-3-1-2-4-12)19-9-7-18-8-10-19;;/h5-6,11-12,16,18H,1-4,7-10H2;2*1H/t16-;;/m1../s1. The van der Waals surface area contributed by atoms with Crippen molar-refractivity contribution in [2.75, 3.05) is 26.2 Å². The van der Waals surface area contributed by atoms with Gasteiger partial charge in [-0.1, -0.05) is 12.8 Å². The predicted octanol–water partition coefficient (Wildman–Crippen LogP) is 3.71. The molecular formula is C16H24Cl2FN3O2. The molecule has 1 atom stereocenters. The van der Waals surface area contributed by atoms with Crippen molar-refractivity contribution in [1.29, 1.82) is 0 Å². The Labute approximate surface area is 154 Å². The summed E-state index contributed by atoms with van der Waals surface area (Å²) in [4.78, 5) is 13.3. The topological polar surface area (TPSA) is 58.4 Å². The summed E-state index contributed by atoms with van der Waals surface area (Å²) in [7, 11) is 0. The van der Waals surface area contributed by atoms with Crippen molar-refractivity contribution in [3.05, 3.63) is 39.7 Å². The first-order valence-electron chi connectivity index (χ1n) is 8.05. The van der Waals surface area contributed by atoms with Crippen molar-refractivity contribution in [1.82, 2.24) is 10.2 Å². The molecule has 1 N–H and O–H groups in total. The van der Waals surface area contributed by atoms with E-state index in [-0.39, 0.29) is 41.5 Å². The minimum Gasteiger partial charge on any atom is -0.314 e.